The van der Waals surface area contributed by atoms with E-state index in [1.165, 1.54) is 30.3 Å². The number of fused-ring (bicyclic) bond motifs is 1. The van der Waals surface area contributed by atoms with Crippen molar-refractivity contribution in [3.63, 3.8) is 0 Å². The number of rotatable bonds is 4. The molecule has 3 aromatic carbocycles. The average Bonchev–Trinajstić information content (AvgIpc) is 3.18. The minimum Gasteiger partial charge on any atom is -0.493 e. The van der Waals surface area contributed by atoms with Gasteiger partial charge in [0.25, 0.3) is 5.91 Å². The van der Waals surface area contributed by atoms with Gasteiger partial charge >= 0.3 is 5.97 Å². The number of carboxylic acid groups (broad SMARTS) is 1. The number of nitrogens with one attached hydrogen (secondary N) is 1. The van der Waals surface area contributed by atoms with E-state index < -0.39 is 17.7 Å². The molecule has 5 nitrogen and oxygen atoms in total. The lowest BCUT2D eigenvalue weighted by molar-refractivity contribution is 0.0692. The summed E-state index contributed by atoms with van der Waals surface area (Å²) in [5.41, 5.74) is 1.92. The van der Waals surface area contributed by atoms with Crippen LogP contribution in [0.15, 0.2) is 54.6 Å². The van der Waals surface area contributed by atoms with Gasteiger partial charge in [-0.15, -0.1) is 0 Å². The Morgan fingerprint density at radius 3 is 2.52 bits per heavy atom. The van der Waals surface area contributed by atoms with E-state index >= 15 is 0 Å². The smallest absolute Gasteiger partial charge is 0.336 e. The number of hydrogen-bond acceptors (Lipinski definition) is 3. The van der Waals surface area contributed by atoms with Crippen LogP contribution in [0.4, 0.5) is 10.1 Å². The lowest BCUT2D eigenvalue weighted by atomic mass is 10.0. The Balaban J connectivity index is 1.65. The molecule has 1 heterocycles. The quantitative estimate of drug-likeness (QED) is 0.631. The van der Waals surface area contributed by atoms with Crippen LogP contribution in [0, 0.1) is 5.82 Å². The summed E-state index contributed by atoms with van der Waals surface area (Å²) in [5.74, 6) is -1.91. The van der Waals surface area contributed by atoms with Gasteiger partial charge in [0.15, 0.2) is 0 Å². The SMILES string of the molecule is O=C(O)c1ccccc1C(=O)Nc1c(F)cc(-c2ccc3c(c2)CCO3)cc1Cl. The van der Waals surface area contributed by atoms with Gasteiger partial charge < -0.3 is 15.2 Å². The van der Waals surface area contributed by atoms with E-state index in [0.717, 1.165) is 23.3 Å². The molecule has 0 fully saturated rings. The van der Waals surface area contributed by atoms with Crippen molar-refractivity contribution in [2.45, 2.75) is 6.42 Å². The average molecular weight is 412 g/mol. The van der Waals surface area contributed by atoms with Gasteiger partial charge in [-0.2, -0.15) is 0 Å². The van der Waals surface area contributed by atoms with Gasteiger partial charge in [0.05, 0.1) is 28.4 Å². The van der Waals surface area contributed by atoms with Crippen molar-refractivity contribution in [3.05, 3.63) is 82.1 Å². The number of carbonyl (C=O) groups is 2. The lowest BCUT2D eigenvalue weighted by Crippen LogP contribution is -2.17. The van der Waals surface area contributed by atoms with E-state index in [2.05, 4.69) is 5.32 Å². The number of halogens is 2. The number of amides is 1. The Kier molecular flexibility index (Phi) is 4.94. The third kappa shape index (κ3) is 3.67. The first-order chi connectivity index (χ1) is 13.9. The zero-order valence-corrected chi connectivity index (χ0v) is 15.8. The molecule has 7 heteroatoms. The zero-order chi connectivity index (χ0) is 20.5. The molecule has 0 unspecified atom stereocenters. The van der Waals surface area contributed by atoms with E-state index in [9.17, 15) is 19.1 Å². The summed E-state index contributed by atoms with van der Waals surface area (Å²) in [6, 6.07) is 14.1. The summed E-state index contributed by atoms with van der Waals surface area (Å²) >= 11 is 6.24. The Bertz CT molecular complexity index is 1120. The minimum atomic E-state index is -1.25. The van der Waals surface area contributed by atoms with Crippen molar-refractivity contribution in [3.8, 4) is 16.9 Å². The van der Waals surface area contributed by atoms with Crippen LogP contribution in [0.2, 0.25) is 5.02 Å². The van der Waals surface area contributed by atoms with Crippen molar-refractivity contribution in [1.82, 2.24) is 0 Å². The molecule has 1 aliphatic rings. The van der Waals surface area contributed by atoms with Gasteiger partial charge in [-0.25, -0.2) is 9.18 Å². The second kappa shape index (κ2) is 7.56. The van der Waals surface area contributed by atoms with Crippen LogP contribution in [0.3, 0.4) is 0 Å². The summed E-state index contributed by atoms with van der Waals surface area (Å²) < 4.78 is 20.2. The van der Waals surface area contributed by atoms with Crippen LogP contribution in [-0.4, -0.2) is 23.6 Å². The Morgan fingerprint density at radius 1 is 1.03 bits per heavy atom. The molecule has 0 spiro atoms. The maximum Gasteiger partial charge on any atom is 0.336 e. The van der Waals surface area contributed by atoms with Crippen LogP contribution in [0.1, 0.15) is 26.3 Å². The van der Waals surface area contributed by atoms with Gasteiger partial charge in [-0.3, -0.25) is 4.79 Å². The first-order valence-electron chi connectivity index (χ1n) is 8.83. The van der Waals surface area contributed by atoms with E-state index in [-0.39, 0.29) is 21.8 Å². The number of anilines is 1. The zero-order valence-electron chi connectivity index (χ0n) is 15.0. The fourth-order valence-electron chi connectivity index (χ4n) is 3.27. The predicted octanol–water partition coefficient (Wildman–Crippen LogP) is 5.03. The first kappa shape index (κ1) is 19.0. The van der Waals surface area contributed by atoms with Crippen molar-refractivity contribution in [2.75, 3.05) is 11.9 Å². The van der Waals surface area contributed by atoms with Gasteiger partial charge in [-0.1, -0.05) is 29.8 Å². The summed E-state index contributed by atoms with van der Waals surface area (Å²) in [4.78, 5) is 23.8. The summed E-state index contributed by atoms with van der Waals surface area (Å²) in [6.45, 7) is 0.622. The molecule has 0 bridgehead atoms. The fraction of sp³-hybridized carbons (Fsp3) is 0.0909. The molecule has 0 aliphatic carbocycles. The molecule has 146 valence electrons. The molecule has 1 amide bonds. The summed E-state index contributed by atoms with van der Waals surface area (Å²) in [6.07, 6.45) is 0.788. The highest BCUT2D eigenvalue weighted by Gasteiger charge is 2.20. The number of aromatic carboxylic acids is 1. The molecule has 0 saturated carbocycles. The maximum atomic E-state index is 14.8. The molecule has 4 rings (SSSR count). The monoisotopic (exact) mass is 411 g/mol. The van der Waals surface area contributed by atoms with E-state index in [1.54, 1.807) is 6.07 Å². The van der Waals surface area contributed by atoms with Gasteiger partial charge in [0.1, 0.15) is 11.6 Å². The van der Waals surface area contributed by atoms with Crippen molar-refractivity contribution < 1.29 is 23.8 Å². The Morgan fingerprint density at radius 2 is 1.79 bits per heavy atom. The highest BCUT2D eigenvalue weighted by molar-refractivity contribution is 6.34. The van der Waals surface area contributed by atoms with Gasteiger partial charge in [0.2, 0.25) is 0 Å². The molecule has 0 saturated heterocycles. The molecule has 0 radical (unpaired) electrons. The van der Waals surface area contributed by atoms with Gasteiger partial charge in [0, 0.05) is 6.42 Å². The standard InChI is InChI=1S/C22H15ClFNO4/c23-17-10-14(12-5-6-19-13(9-12)7-8-29-19)11-18(24)20(17)25-21(26)15-3-1-2-4-16(15)22(27)28/h1-6,9-11H,7-8H2,(H,25,26)(H,27,28). The lowest BCUT2D eigenvalue weighted by Gasteiger charge is -2.12. The van der Waals surface area contributed by atoms with Gasteiger partial charge in [-0.05, 0) is 53.1 Å². The van der Waals surface area contributed by atoms with Crippen LogP contribution in [0.5, 0.6) is 5.75 Å². The molecular weight excluding hydrogens is 397 g/mol. The van der Waals surface area contributed by atoms with Crippen molar-refractivity contribution in [2.24, 2.45) is 0 Å². The summed E-state index contributed by atoms with van der Waals surface area (Å²) in [7, 11) is 0. The predicted molar refractivity (Wildman–Crippen MR) is 107 cm³/mol. The molecule has 1 aliphatic heterocycles. The number of carbonyl (C=O) groups excluding carboxylic acids is 1. The van der Waals surface area contributed by atoms with Crippen LogP contribution < -0.4 is 10.1 Å². The van der Waals surface area contributed by atoms with E-state index in [0.29, 0.717) is 12.2 Å². The summed E-state index contributed by atoms with van der Waals surface area (Å²) in [5, 5.41) is 11.6. The fourth-order valence-corrected chi connectivity index (χ4v) is 3.53. The number of ether oxygens (including phenoxy) is 1. The second-order valence-electron chi connectivity index (χ2n) is 6.54. The minimum absolute atomic E-state index is 0.0119. The van der Waals surface area contributed by atoms with Crippen LogP contribution in [0.25, 0.3) is 11.1 Å². The molecule has 2 N–H and O–H groups in total. The maximum absolute atomic E-state index is 14.8. The number of carboxylic acids is 1. The van der Waals surface area contributed by atoms with Crippen LogP contribution in [-0.2, 0) is 6.42 Å². The highest BCUT2D eigenvalue weighted by Crippen LogP contribution is 2.35. The first-order valence-corrected chi connectivity index (χ1v) is 9.20. The number of hydrogen-bond donors (Lipinski definition) is 2. The van der Waals surface area contributed by atoms with Crippen LogP contribution >= 0.6 is 11.6 Å². The Labute approximate surface area is 170 Å². The van der Waals surface area contributed by atoms with Crippen molar-refractivity contribution >= 4 is 29.2 Å². The highest BCUT2D eigenvalue weighted by atomic mass is 35.5. The molecule has 0 aromatic heterocycles. The Hall–Kier alpha value is -3.38. The topological polar surface area (TPSA) is 75.6 Å². The van der Waals surface area contributed by atoms with E-state index in [1.807, 2.05) is 18.2 Å². The number of benzene rings is 3. The molecule has 3 aromatic rings. The molecule has 29 heavy (non-hydrogen) atoms. The van der Waals surface area contributed by atoms with Crippen molar-refractivity contribution in [1.29, 1.82) is 0 Å². The normalized spacial score (nSPS) is 12.2. The second-order valence-corrected chi connectivity index (χ2v) is 6.95. The largest absolute Gasteiger partial charge is 0.493 e. The van der Waals surface area contributed by atoms with E-state index in [4.69, 9.17) is 16.3 Å². The third-order valence-corrected chi connectivity index (χ3v) is 5.00. The molecule has 0 atom stereocenters. The third-order valence-electron chi connectivity index (χ3n) is 4.71. The molecular formula is C22H15ClFNO4.